The van der Waals surface area contributed by atoms with E-state index in [1.165, 1.54) is 0 Å². The van der Waals surface area contributed by atoms with Gasteiger partial charge in [0.05, 0.1) is 0 Å². The Kier molecular flexibility index (Phi) is 3.73. The molecule has 0 aliphatic rings. The largest absolute Gasteiger partial charge is 0.403 e. The summed E-state index contributed by atoms with van der Waals surface area (Å²) in [4.78, 5) is 4.15. The molecule has 4 rings (SSSR count). The lowest BCUT2D eigenvalue weighted by molar-refractivity contribution is 0.587. The van der Waals surface area contributed by atoms with Crippen molar-refractivity contribution in [3.63, 3.8) is 0 Å². The van der Waals surface area contributed by atoms with Crippen LogP contribution in [0.4, 0.5) is 11.7 Å². The molecular formula is C19H14N4O. The number of rotatable bonds is 4. The summed E-state index contributed by atoms with van der Waals surface area (Å²) >= 11 is 0. The number of hydrogen-bond acceptors (Lipinski definition) is 5. The molecule has 0 aliphatic carbocycles. The van der Waals surface area contributed by atoms with Crippen LogP contribution in [-0.2, 0) is 0 Å². The van der Waals surface area contributed by atoms with Gasteiger partial charge in [-0.05, 0) is 35.9 Å². The summed E-state index contributed by atoms with van der Waals surface area (Å²) in [5.41, 5.74) is 3.86. The van der Waals surface area contributed by atoms with Gasteiger partial charge in [0.25, 0.3) is 0 Å². The maximum atomic E-state index is 5.72. The normalized spacial score (nSPS) is 10.5. The predicted octanol–water partition coefficient (Wildman–Crippen LogP) is 4.54. The van der Waals surface area contributed by atoms with E-state index < -0.39 is 0 Å². The van der Waals surface area contributed by atoms with Gasteiger partial charge < -0.3 is 9.73 Å². The minimum absolute atomic E-state index is 0.364. The molecule has 1 N–H and O–H groups in total. The van der Waals surface area contributed by atoms with Gasteiger partial charge in [0.1, 0.15) is 0 Å². The van der Waals surface area contributed by atoms with Crippen LogP contribution in [0.5, 0.6) is 0 Å². The average Bonchev–Trinajstić information content (AvgIpc) is 3.12. The number of anilines is 2. The number of benzene rings is 2. The van der Waals surface area contributed by atoms with Gasteiger partial charge in [-0.1, -0.05) is 41.5 Å². The standard InChI is InChI=1S/C19H14N4O/c1-2-9-17(10-3-1)21-19-23-22-18(24-19)15-7-4-6-14(12-15)16-8-5-11-20-13-16/h1-13H,(H,21,23). The fourth-order valence-corrected chi connectivity index (χ4v) is 2.40. The Morgan fingerprint density at radius 3 is 2.42 bits per heavy atom. The van der Waals surface area contributed by atoms with E-state index in [1.807, 2.05) is 72.9 Å². The molecular weight excluding hydrogens is 300 g/mol. The second-order valence-electron chi connectivity index (χ2n) is 5.23. The van der Waals surface area contributed by atoms with E-state index in [0.29, 0.717) is 11.9 Å². The number of nitrogens with zero attached hydrogens (tertiary/aromatic N) is 3. The van der Waals surface area contributed by atoms with Crippen molar-refractivity contribution in [1.82, 2.24) is 15.2 Å². The molecule has 116 valence electrons. The molecule has 0 atom stereocenters. The van der Waals surface area contributed by atoms with Crippen LogP contribution >= 0.6 is 0 Å². The number of para-hydroxylation sites is 1. The quantitative estimate of drug-likeness (QED) is 0.599. The van der Waals surface area contributed by atoms with Gasteiger partial charge in [-0.15, -0.1) is 5.10 Å². The Labute approximate surface area is 139 Å². The molecule has 4 aromatic rings. The van der Waals surface area contributed by atoms with E-state index in [9.17, 15) is 0 Å². The zero-order valence-corrected chi connectivity index (χ0v) is 12.8. The third kappa shape index (κ3) is 3.01. The second-order valence-corrected chi connectivity index (χ2v) is 5.23. The highest BCUT2D eigenvalue weighted by Gasteiger charge is 2.09. The lowest BCUT2D eigenvalue weighted by Gasteiger charge is -2.02. The molecule has 2 aromatic heterocycles. The van der Waals surface area contributed by atoms with Gasteiger partial charge >= 0.3 is 6.01 Å². The van der Waals surface area contributed by atoms with Gasteiger partial charge in [-0.3, -0.25) is 4.98 Å². The molecule has 0 radical (unpaired) electrons. The van der Waals surface area contributed by atoms with Crippen molar-refractivity contribution in [3.8, 4) is 22.6 Å². The van der Waals surface area contributed by atoms with Crippen LogP contribution < -0.4 is 5.32 Å². The highest BCUT2D eigenvalue weighted by molar-refractivity contribution is 5.69. The Morgan fingerprint density at radius 2 is 1.58 bits per heavy atom. The fourth-order valence-electron chi connectivity index (χ4n) is 2.40. The molecule has 0 amide bonds. The minimum Gasteiger partial charge on any atom is -0.403 e. The van der Waals surface area contributed by atoms with Crippen molar-refractivity contribution < 1.29 is 4.42 Å². The topological polar surface area (TPSA) is 63.8 Å². The molecule has 5 nitrogen and oxygen atoms in total. The lowest BCUT2D eigenvalue weighted by atomic mass is 10.1. The van der Waals surface area contributed by atoms with Crippen LogP contribution in [0.2, 0.25) is 0 Å². The third-order valence-electron chi connectivity index (χ3n) is 3.55. The Morgan fingerprint density at radius 1 is 0.750 bits per heavy atom. The highest BCUT2D eigenvalue weighted by atomic mass is 16.4. The van der Waals surface area contributed by atoms with Crippen molar-refractivity contribution in [1.29, 1.82) is 0 Å². The smallest absolute Gasteiger partial charge is 0.320 e. The first-order chi connectivity index (χ1) is 11.9. The maximum absolute atomic E-state index is 5.72. The fraction of sp³-hybridized carbons (Fsp3) is 0. The van der Waals surface area contributed by atoms with E-state index in [2.05, 4.69) is 20.5 Å². The summed E-state index contributed by atoms with van der Waals surface area (Å²) < 4.78 is 5.72. The molecule has 0 bridgehead atoms. The summed E-state index contributed by atoms with van der Waals surface area (Å²) in [6.07, 6.45) is 3.59. The lowest BCUT2D eigenvalue weighted by Crippen LogP contribution is -1.88. The number of pyridine rings is 1. The van der Waals surface area contributed by atoms with E-state index in [0.717, 1.165) is 22.4 Å². The Balaban J connectivity index is 1.61. The molecule has 0 spiro atoms. The van der Waals surface area contributed by atoms with Gasteiger partial charge in [0, 0.05) is 29.2 Å². The summed E-state index contributed by atoms with van der Waals surface area (Å²) in [6, 6.07) is 22.0. The molecule has 24 heavy (non-hydrogen) atoms. The van der Waals surface area contributed by atoms with Crippen LogP contribution in [-0.4, -0.2) is 15.2 Å². The monoisotopic (exact) mass is 314 g/mol. The summed E-state index contributed by atoms with van der Waals surface area (Å²) in [6.45, 7) is 0. The van der Waals surface area contributed by atoms with E-state index >= 15 is 0 Å². The van der Waals surface area contributed by atoms with Crippen molar-refractivity contribution >= 4 is 11.7 Å². The number of hydrogen-bond donors (Lipinski definition) is 1. The van der Waals surface area contributed by atoms with Crippen LogP contribution in [0.25, 0.3) is 22.6 Å². The van der Waals surface area contributed by atoms with Crippen molar-refractivity contribution in [3.05, 3.63) is 79.1 Å². The minimum atomic E-state index is 0.364. The summed E-state index contributed by atoms with van der Waals surface area (Å²) in [5.74, 6) is 0.471. The molecule has 0 fully saturated rings. The molecule has 0 unspecified atom stereocenters. The van der Waals surface area contributed by atoms with Crippen molar-refractivity contribution in [2.45, 2.75) is 0 Å². The third-order valence-corrected chi connectivity index (χ3v) is 3.55. The molecule has 2 aromatic carbocycles. The van der Waals surface area contributed by atoms with E-state index in [-0.39, 0.29) is 0 Å². The first-order valence-electron chi connectivity index (χ1n) is 7.55. The zero-order chi connectivity index (χ0) is 16.2. The summed E-state index contributed by atoms with van der Waals surface area (Å²) in [5, 5.41) is 11.3. The Hall–Kier alpha value is -3.47. The first kappa shape index (κ1) is 14.1. The Bertz CT molecular complexity index is 936. The molecule has 5 heteroatoms. The molecule has 0 saturated carbocycles. The summed E-state index contributed by atoms with van der Waals surface area (Å²) in [7, 11) is 0. The van der Waals surface area contributed by atoms with Crippen LogP contribution in [0.15, 0.2) is 83.5 Å². The van der Waals surface area contributed by atoms with Crippen molar-refractivity contribution in [2.75, 3.05) is 5.32 Å². The average molecular weight is 314 g/mol. The SMILES string of the molecule is c1ccc(Nc2nnc(-c3cccc(-c4cccnc4)c3)o2)cc1. The highest BCUT2D eigenvalue weighted by Crippen LogP contribution is 2.26. The van der Waals surface area contributed by atoms with Gasteiger partial charge in [0.15, 0.2) is 0 Å². The second kappa shape index (κ2) is 6.34. The number of aromatic nitrogens is 3. The molecule has 0 saturated heterocycles. The van der Waals surface area contributed by atoms with Gasteiger partial charge in [0.2, 0.25) is 5.89 Å². The van der Waals surface area contributed by atoms with E-state index in [1.54, 1.807) is 6.20 Å². The van der Waals surface area contributed by atoms with Crippen LogP contribution in [0.3, 0.4) is 0 Å². The predicted molar refractivity (Wildman–Crippen MR) is 92.7 cm³/mol. The zero-order valence-electron chi connectivity index (χ0n) is 12.8. The molecule has 0 aliphatic heterocycles. The maximum Gasteiger partial charge on any atom is 0.320 e. The molecule has 2 heterocycles. The van der Waals surface area contributed by atoms with Crippen molar-refractivity contribution in [2.24, 2.45) is 0 Å². The van der Waals surface area contributed by atoms with Gasteiger partial charge in [-0.25, -0.2) is 0 Å². The van der Waals surface area contributed by atoms with Crippen LogP contribution in [0.1, 0.15) is 0 Å². The van der Waals surface area contributed by atoms with Crippen LogP contribution in [0, 0.1) is 0 Å². The van der Waals surface area contributed by atoms with E-state index in [4.69, 9.17) is 4.42 Å². The first-order valence-corrected chi connectivity index (χ1v) is 7.55. The van der Waals surface area contributed by atoms with Gasteiger partial charge in [-0.2, -0.15) is 0 Å². The number of nitrogens with one attached hydrogen (secondary N) is 1.